The molecule has 0 bridgehead atoms. The van der Waals surface area contributed by atoms with Crippen molar-refractivity contribution in [1.29, 1.82) is 0 Å². The Hall–Kier alpha value is -3.03. The van der Waals surface area contributed by atoms with E-state index in [9.17, 15) is 9.59 Å². The third kappa shape index (κ3) is 3.92. The van der Waals surface area contributed by atoms with Crippen LogP contribution in [0.3, 0.4) is 0 Å². The third-order valence-electron chi connectivity index (χ3n) is 5.83. The quantitative estimate of drug-likeness (QED) is 0.843. The van der Waals surface area contributed by atoms with E-state index in [-0.39, 0.29) is 11.6 Å². The zero-order chi connectivity index (χ0) is 20.4. The van der Waals surface area contributed by atoms with Gasteiger partial charge in [-0.15, -0.1) is 0 Å². The lowest BCUT2D eigenvalue weighted by Gasteiger charge is -2.28. The van der Waals surface area contributed by atoms with Crippen LogP contribution >= 0.6 is 0 Å². The topological polar surface area (TPSA) is 79.7 Å². The number of nitrogens with one attached hydrogen (secondary N) is 1. The van der Waals surface area contributed by atoms with Crippen molar-refractivity contribution >= 4 is 11.7 Å². The van der Waals surface area contributed by atoms with Gasteiger partial charge in [-0.3, -0.25) is 4.79 Å². The monoisotopic (exact) mass is 397 g/mol. The SMILES string of the molecule is COc1ccccc1N1CCC(CNC(=O)N2CCc3c(ncn(C)c3=O)C2)C1. The Balaban J connectivity index is 1.31. The molecule has 1 saturated heterocycles. The molecule has 1 atom stereocenters. The molecule has 29 heavy (non-hydrogen) atoms. The molecule has 2 aliphatic rings. The number of carbonyl (C=O) groups is 1. The van der Waals surface area contributed by atoms with E-state index in [2.05, 4.69) is 21.3 Å². The molecule has 2 aromatic rings. The molecule has 2 aliphatic heterocycles. The molecular weight excluding hydrogens is 370 g/mol. The number of fused-ring (bicyclic) bond motifs is 1. The number of hydrogen-bond donors (Lipinski definition) is 1. The maximum atomic E-state index is 12.6. The van der Waals surface area contributed by atoms with Crippen molar-refractivity contribution in [2.24, 2.45) is 13.0 Å². The molecule has 4 rings (SSSR count). The van der Waals surface area contributed by atoms with Crippen LogP contribution in [0.4, 0.5) is 10.5 Å². The van der Waals surface area contributed by atoms with E-state index in [1.54, 1.807) is 19.1 Å². The first kappa shape index (κ1) is 19.3. The largest absolute Gasteiger partial charge is 0.495 e. The molecule has 0 aliphatic carbocycles. The van der Waals surface area contributed by atoms with Crippen molar-refractivity contribution in [1.82, 2.24) is 19.8 Å². The lowest BCUT2D eigenvalue weighted by molar-refractivity contribution is 0.189. The predicted molar refractivity (Wildman–Crippen MR) is 110 cm³/mol. The summed E-state index contributed by atoms with van der Waals surface area (Å²) in [6, 6.07) is 7.94. The molecule has 2 amide bonds. The fraction of sp³-hybridized carbons (Fsp3) is 0.476. The van der Waals surface area contributed by atoms with E-state index in [4.69, 9.17) is 4.74 Å². The summed E-state index contributed by atoms with van der Waals surface area (Å²) in [6.07, 6.45) is 3.10. The zero-order valence-electron chi connectivity index (χ0n) is 16.9. The Morgan fingerprint density at radius 1 is 1.31 bits per heavy atom. The van der Waals surface area contributed by atoms with Crippen molar-refractivity contribution in [3.8, 4) is 5.75 Å². The van der Waals surface area contributed by atoms with Crippen molar-refractivity contribution < 1.29 is 9.53 Å². The van der Waals surface area contributed by atoms with Crippen LogP contribution in [0.15, 0.2) is 35.4 Å². The van der Waals surface area contributed by atoms with Gasteiger partial charge in [-0.1, -0.05) is 12.1 Å². The highest BCUT2D eigenvalue weighted by atomic mass is 16.5. The Bertz CT molecular complexity index is 958. The van der Waals surface area contributed by atoms with Crippen molar-refractivity contribution in [3.05, 3.63) is 52.2 Å². The minimum absolute atomic E-state index is 0.0163. The first-order valence-electron chi connectivity index (χ1n) is 10.0. The highest BCUT2D eigenvalue weighted by molar-refractivity contribution is 5.74. The van der Waals surface area contributed by atoms with Gasteiger partial charge in [-0.2, -0.15) is 0 Å². The van der Waals surface area contributed by atoms with Gasteiger partial charge in [-0.25, -0.2) is 9.78 Å². The standard InChI is InChI=1S/C21H27N5O3/c1-24-14-23-17-13-26(10-8-16(17)20(24)27)21(28)22-11-15-7-9-25(12-15)18-5-3-4-6-19(18)29-2/h3-6,14-15H,7-13H2,1-2H3,(H,22,28). The van der Waals surface area contributed by atoms with E-state index >= 15 is 0 Å². The van der Waals surface area contributed by atoms with E-state index in [0.29, 0.717) is 37.7 Å². The number of aromatic nitrogens is 2. The second-order valence-corrected chi connectivity index (χ2v) is 7.72. The van der Waals surface area contributed by atoms with Crippen LogP contribution in [0.2, 0.25) is 0 Å². The zero-order valence-corrected chi connectivity index (χ0v) is 16.9. The number of ether oxygens (including phenoxy) is 1. The first-order chi connectivity index (χ1) is 14.1. The lowest BCUT2D eigenvalue weighted by Crippen LogP contribution is -2.46. The number of hydrogen-bond acceptors (Lipinski definition) is 5. The minimum atomic E-state index is -0.0890. The summed E-state index contributed by atoms with van der Waals surface area (Å²) in [5, 5.41) is 3.07. The van der Waals surface area contributed by atoms with E-state index < -0.39 is 0 Å². The van der Waals surface area contributed by atoms with Crippen LogP contribution in [-0.2, 0) is 20.0 Å². The molecule has 1 unspecified atom stereocenters. The van der Waals surface area contributed by atoms with Crippen LogP contribution in [0, 0.1) is 5.92 Å². The molecule has 1 aromatic heterocycles. The number of amides is 2. The van der Waals surface area contributed by atoms with Crippen LogP contribution in [-0.4, -0.2) is 53.8 Å². The molecule has 1 N–H and O–H groups in total. The van der Waals surface area contributed by atoms with Crippen LogP contribution in [0.5, 0.6) is 5.75 Å². The first-order valence-corrected chi connectivity index (χ1v) is 10.0. The fourth-order valence-electron chi connectivity index (χ4n) is 4.14. The molecule has 1 fully saturated rings. The fourth-order valence-corrected chi connectivity index (χ4v) is 4.14. The van der Waals surface area contributed by atoms with Gasteiger partial charge in [0.15, 0.2) is 0 Å². The Labute approximate surface area is 170 Å². The molecule has 154 valence electrons. The van der Waals surface area contributed by atoms with Gasteiger partial charge >= 0.3 is 6.03 Å². The average molecular weight is 397 g/mol. The maximum Gasteiger partial charge on any atom is 0.317 e. The third-order valence-corrected chi connectivity index (χ3v) is 5.83. The summed E-state index contributed by atoms with van der Waals surface area (Å²) in [5.74, 6) is 1.27. The summed E-state index contributed by atoms with van der Waals surface area (Å²) in [6.45, 7) is 3.40. The number of para-hydroxylation sites is 2. The second-order valence-electron chi connectivity index (χ2n) is 7.72. The molecular formula is C21H27N5O3. The number of urea groups is 1. The van der Waals surface area contributed by atoms with Gasteiger partial charge < -0.3 is 24.4 Å². The van der Waals surface area contributed by atoms with Crippen molar-refractivity contribution in [2.75, 3.05) is 38.2 Å². The van der Waals surface area contributed by atoms with Crippen LogP contribution in [0.25, 0.3) is 0 Å². The van der Waals surface area contributed by atoms with E-state index in [1.165, 1.54) is 10.9 Å². The molecule has 8 heteroatoms. The molecule has 0 radical (unpaired) electrons. The van der Waals surface area contributed by atoms with Crippen LogP contribution in [0.1, 0.15) is 17.7 Å². The number of nitrogens with zero attached hydrogens (tertiary/aromatic N) is 4. The second kappa shape index (κ2) is 8.14. The molecule has 1 aromatic carbocycles. The van der Waals surface area contributed by atoms with E-state index in [1.807, 2.05) is 18.2 Å². The Morgan fingerprint density at radius 2 is 2.14 bits per heavy atom. The summed E-state index contributed by atoms with van der Waals surface area (Å²) < 4.78 is 6.96. The Kier molecular flexibility index (Phi) is 5.42. The number of carbonyl (C=O) groups excluding carboxylic acids is 1. The van der Waals surface area contributed by atoms with Gasteiger partial charge in [0.2, 0.25) is 0 Å². The van der Waals surface area contributed by atoms with Gasteiger partial charge in [0.1, 0.15) is 5.75 Å². The van der Waals surface area contributed by atoms with Gasteiger partial charge in [-0.05, 0) is 30.9 Å². The Morgan fingerprint density at radius 3 is 2.97 bits per heavy atom. The molecule has 0 saturated carbocycles. The normalized spacial score (nSPS) is 18.5. The molecule has 3 heterocycles. The summed E-state index contributed by atoms with van der Waals surface area (Å²) in [7, 11) is 3.39. The number of rotatable bonds is 4. The summed E-state index contributed by atoms with van der Waals surface area (Å²) in [4.78, 5) is 33.2. The maximum absolute atomic E-state index is 12.6. The van der Waals surface area contributed by atoms with Gasteiger partial charge in [0.25, 0.3) is 5.56 Å². The molecule has 8 nitrogen and oxygen atoms in total. The molecule has 0 spiro atoms. The van der Waals surface area contributed by atoms with Crippen molar-refractivity contribution in [2.45, 2.75) is 19.4 Å². The number of anilines is 1. The summed E-state index contributed by atoms with van der Waals surface area (Å²) >= 11 is 0. The highest BCUT2D eigenvalue weighted by Crippen LogP contribution is 2.31. The predicted octanol–water partition coefficient (Wildman–Crippen LogP) is 1.38. The number of methoxy groups -OCH3 is 1. The minimum Gasteiger partial charge on any atom is -0.495 e. The van der Waals surface area contributed by atoms with Crippen molar-refractivity contribution in [3.63, 3.8) is 0 Å². The van der Waals surface area contributed by atoms with Gasteiger partial charge in [0, 0.05) is 38.8 Å². The lowest BCUT2D eigenvalue weighted by atomic mass is 10.1. The summed E-state index contributed by atoms with van der Waals surface area (Å²) in [5.41, 5.74) is 2.52. The number of benzene rings is 1. The smallest absolute Gasteiger partial charge is 0.317 e. The highest BCUT2D eigenvalue weighted by Gasteiger charge is 2.27. The van der Waals surface area contributed by atoms with Crippen LogP contribution < -0.4 is 20.5 Å². The van der Waals surface area contributed by atoms with Gasteiger partial charge in [0.05, 0.1) is 31.4 Å². The number of aryl methyl sites for hydroxylation is 1. The average Bonchev–Trinajstić information content (AvgIpc) is 3.23. The van der Waals surface area contributed by atoms with E-state index in [0.717, 1.165) is 36.5 Å².